The van der Waals surface area contributed by atoms with E-state index < -0.39 is 0 Å². The zero-order valence-electron chi connectivity index (χ0n) is 17.5. The maximum atomic E-state index is 12.5. The van der Waals surface area contributed by atoms with E-state index in [-0.39, 0.29) is 24.5 Å². The first kappa shape index (κ1) is 20.8. The van der Waals surface area contributed by atoms with Crippen LogP contribution in [0.15, 0.2) is 12.4 Å². The van der Waals surface area contributed by atoms with Crippen LogP contribution in [-0.2, 0) is 4.79 Å². The zero-order chi connectivity index (χ0) is 20.1. The predicted molar refractivity (Wildman–Crippen MR) is 111 cm³/mol. The molecular weight excluding hydrogens is 354 g/mol. The minimum atomic E-state index is 0.0890. The molecule has 0 bridgehead atoms. The number of carbonyl (C=O) groups excluding carboxylic acids is 1. The largest absolute Gasteiger partial charge is 0.396 e. The van der Waals surface area contributed by atoms with E-state index in [0.717, 1.165) is 63.5 Å². The molecule has 3 heterocycles. The standard InChI is InChI=1S/C21H35N5O2/c1-15(2)16(3)24-21(28)18-6-9-25(10-7-18)19-11-20(23-14-22-19)26-8-4-5-17(12-26)13-27/h11,14-18,27H,4-10,12-13H2,1-3H3,(H,24,28). The second kappa shape index (κ2) is 9.54. The Labute approximate surface area is 168 Å². The monoisotopic (exact) mass is 389 g/mol. The highest BCUT2D eigenvalue weighted by atomic mass is 16.3. The first-order chi connectivity index (χ1) is 13.5. The van der Waals surface area contributed by atoms with Gasteiger partial charge in [-0.1, -0.05) is 13.8 Å². The van der Waals surface area contributed by atoms with Crippen LogP contribution in [0, 0.1) is 17.8 Å². The van der Waals surface area contributed by atoms with Crippen LogP contribution in [0.2, 0.25) is 0 Å². The van der Waals surface area contributed by atoms with E-state index >= 15 is 0 Å². The van der Waals surface area contributed by atoms with Gasteiger partial charge in [0.25, 0.3) is 0 Å². The molecule has 7 nitrogen and oxygen atoms in total. The lowest BCUT2D eigenvalue weighted by molar-refractivity contribution is -0.126. The number of nitrogens with zero attached hydrogens (tertiary/aromatic N) is 4. The number of nitrogens with one attached hydrogen (secondary N) is 1. The SMILES string of the molecule is CC(C)C(C)NC(=O)C1CCN(c2cc(N3CCCC(CO)C3)ncn2)CC1. The summed E-state index contributed by atoms with van der Waals surface area (Å²) in [5.41, 5.74) is 0. The Hall–Kier alpha value is -1.89. The first-order valence-electron chi connectivity index (χ1n) is 10.7. The predicted octanol–water partition coefficient (Wildman–Crippen LogP) is 2.06. The summed E-state index contributed by atoms with van der Waals surface area (Å²) in [4.78, 5) is 25.9. The highest BCUT2D eigenvalue weighted by molar-refractivity contribution is 5.79. The van der Waals surface area contributed by atoms with E-state index in [4.69, 9.17) is 0 Å². The molecule has 0 aromatic carbocycles. The van der Waals surface area contributed by atoms with Gasteiger partial charge in [0.1, 0.15) is 18.0 Å². The second-order valence-corrected chi connectivity index (χ2v) is 8.67. The summed E-state index contributed by atoms with van der Waals surface area (Å²) in [6, 6.07) is 2.27. The maximum Gasteiger partial charge on any atom is 0.223 e. The van der Waals surface area contributed by atoms with E-state index in [1.165, 1.54) is 0 Å². The Kier molecular flexibility index (Phi) is 7.10. The Bertz CT molecular complexity index is 645. The molecular formula is C21H35N5O2. The van der Waals surface area contributed by atoms with Gasteiger partial charge in [0.05, 0.1) is 0 Å². The van der Waals surface area contributed by atoms with Crippen molar-refractivity contribution in [1.29, 1.82) is 0 Å². The molecule has 2 atom stereocenters. The van der Waals surface area contributed by atoms with Gasteiger partial charge in [-0.3, -0.25) is 4.79 Å². The molecule has 28 heavy (non-hydrogen) atoms. The number of aromatic nitrogens is 2. The summed E-state index contributed by atoms with van der Waals surface area (Å²) < 4.78 is 0. The summed E-state index contributed by atoms with van der Waals surface area (Å²) in [6.45, 7) is 10.1. The lowest BCUT2D eigenvalue weighted by atomic mass is 9.95. The normalized spacial score (nSPS) is 22.4. The van der Waals surface area contributed by atoms with E-state index in [1.807, 2.05) is 0 Å². The fourth-order valence-electron chi connectivity index (χ4n) is 3.98. The van der Waals surface area contributed by atoms with Crippen LogP contribution in [0.1, 0.15) is 46.5 Å². The van der Waals surface area contributed by atoms with Gasteiger partial charge in [-0.25, -0.2) is 9.97 Å². The van der Waals surface area contributed by atoms with Gasteiger partial charge in [-0.2, -0.15) is 0 Å². The zero-order valence-corrected chi connectivity index (χ0v) is 17.5. The van der Waals surface area contributed by atoms with Crippen LogP contribution in [0.4, 0.5) is 11.6 Å². The van der Waals surface area contributed by atoms with Crippen molar-refractivity contribution in [2.75, 3.05) is 42.6 Å². The minimum Gasteiger partial charge on any atom is -0.396 e. The lowest BCUT2D eigenvalue weighted by Crippen LogP contribution is -2.44. The Morgan fingerprint density at radius 3 is 2.46 bits per heavy atom. The average Bonchev–Trinajstić information content (AvgIpc) is 2.74. The Balaban J connectivity index is 1.57. The minimum absolute atomic E-state index is 0.0890. The lowest BCUT2D eigenvalue weighted by Gasteiger charge is -2.35. The third-order valence-corrected chi connectivity index (χ3v) is 6.30. The number of hydrogen-bond acceptors (Lipinski definition) is 6. The molecule has 0 radical (unpaired) electrons. The number of aliphatic hydroxyl groups excluding tert-OH is 1. The summed E-state index contributed by atoms with van der Waals surface area (Å²) >= 11 is 0. The maximum absolute atomic E-state index is 12.5. The first-order valence-corrected chi connectivity index (χ1v) is 10.7. The van der Waals surface area contributed by atoms with E-state index in [0.29, 0.717) is 11.8 Å². The quantitative estimate of drug-likeness (QED) is 0.775. The van der Waals surface area contributed by atoms with Crippen LogP contribution in [0.25, 0.3) is 0 Å². The van der Waals surface area contributed by atoms with Crippen molar-refractivity contribution in [3.63, 3.8) is 0 Å². The average molecular weight is 390 g/mol. The van der Waals surface area contributed by atoms with Crippen LogP contribution < -0.4 is 15.1 Å². The fourth-order valence-corrected chi connectivity index (χ4v) is 3.98. The molecule has 1 amide bonds. The number of aliphatic hydroxyl groups is 1. The summed E-state index contributed by atoms with van der Waals surface area (Å²) in [7, 11) is 0. The third-order valence-electron chi connectivity index (χ3n) is 6.30. The molecule has 2 saturated heterocycles. The van der Waals surface area contributed by atoms with Crippen molar-refractivity contribution in [2.45, 2.75) is 52.5 Å². The van der Waals surface area contributed by atoms with Gasteiger partial charge in [0, 0.05) is 50.8 Å². The molecule has 2 N–H and O–H groups in total. The van der Waals surface area contributed by atoms with Gasteiger partial charge in [0.2, 0.25) is 5.91 Å². The number of carbonyl (C=O) groups is 1. The summed E-state index contributed by atoms with van der Waals surface area (Å²) in [6.07, 6.45) is 5.50. The van der Waals surface area contributed by atoms with Crippen LogP contribution >= 0.6 is 0 Å². The number of piperidine rings is 2. The molecule has 2 aliphatic rings. The molecule has 0 aliphatic carbocycles. The Morgan fingerprint density at radius 1 is 1.14 bits per heavy atom. The number of rotatable bonds is 6. The smallest absolute Gasteiger partial charge is 0.223 e. The molecule has 3 rings (SSSR count). The molecule has 2 unspecified atom stereocenters. The van der Waals surface area contributed by atoms with Gasteiger partial charge in [-0.15, -0.1) is 0 Å². The van der Waals surface area contributed by atoms with Crippen molar-refractivity contribution < 1.29 is 9.90 Å². The van der Waals surface area contributed by atoms with Gasteiger partial charge in [-0.05, 0) is 44.4 Å². The summed E-state index contributed by atoms with van der Waals surface area (Å²) in [5, 5.41) is 12.6. The van der Waals surface area contributed by atoms with Crippen molar-refractivity contribution in [1.82, 2.24) is 15.3 Å². The van der Waals surface area contributed by atoms with E-state index in [1.54, 1.807) is 6.33 Å². The third kappa shape index (κ3) is 5.13. The highest BCUT2D eigenvalue weighted by Gasteiger charge is 2.27. The number of amides is 1. The topological polar surface area (TPSA) is 81.6 Å². The summed E-state index contributed by atoms with van der Waals surface area (Å²) in [5.74, 6) is 2.93. The van der Waals surface area contributed by atoms with Crippen LogP contribution in [0.3, 0.4) is 0 Å². The molecule has 2 aliphatic heterocycles. The van der Waals surface area contributed by atoms with Crippen molar-refractivity contribution in [3.8, 4) is 0 Å². The molecule has 2 fully saturated rings. The molecule has 156 valence electrons. The molecule has 0 saturated carbocycles. The second-order valence-electron chi connectivity index (χ2n) is 8.67. The number of hydrogen-bond donors (Lipinski definition) is 2. The van der Waals surface area contributed by atoms with Gasteiger partial charge < -0.3 is 20.2 Å². The van der Waals surface area contributed by atoms with Crippen LogP contribution in [-0.4, -0.2) is 59.8 Å². The number of anilines is 2. The molecule has 0 spiro atoms. The van der Waals surface area contributed by atoms with E-state index in [2.05, 4.69) is 51.9 Å². The fraction of sp³-hybridized carbons (Fsp3) is 0.762. The molecule has 1 aromatic rings. The highest BCUT2D eigenvalue weighted by Crippen LogP contribution is 2.26. The van der Waals surface area contributed by atoms with Crippen molar-refractivity contribution >= 4 is 17.5 Å². The van der Waals surface area contributed by atoms with Crippen LogP contribution in [0.5, 0.6) is 0 Å². The van der Waals surface area contributed by atoms with Crippen molar-refractivity contribution in [3.05, 3.63) is 12.4 Å². The molecule has 7 heteroatoms. The Morgan fingerprint density at radius 2 is 1.82 bits per heavy atom. The van der Waals surface area contributed by atoms with Gasteiger partial charge >= 0.3 is 0 Å². The van der Waals surface area contributed by atoms with E-state index in [9.17, 15) is 9.90 Å². The molecule has 1 aromatic heterocycles. The van der Waals surface area contributed by atoms with Crippen molar-refractivity contribution in [2.24, 2.45) is 17.8 Å². The van der Waals surface area contributed by atoms with Gasteiger partial charge in [0.15, 0.2) is 0 Å².